The summed E-state index contributed by atoms with van der Waals surface area (Å²) in [5, 5.41) is 0. The fourth-order valence-electron chi connectivity index (χ4n) is 2.81. The highest BCUT2D eigenvalue weighted by molar-refractivity contribution is 8.60. The zero-order valence-corrected chi connectivity index (χ0v) is 20.1. The molecule has 0 saturated carbocycles. The van der Waals surface area contributed by atoms with Crippen molar-refractivity contribution in [2.24, 2.45) is 23.7 Å². The second-order valence-electron chi connectivity index (χ2n) is 8.57. The Bertz CT molecular complexity index is 332. The van der Waals surface area contributed by atoms with Crippen molar-refractivity contribution >= 4 is 29.7 Å². The molecule has 2 nitrogen and oxygen atoms in total. The summed E-state index contributed by atoms with van der Waals surface area (Å²) in [5.41, 5.74) is -2.36. The van der Waals surface area contributed by atoms with Gasteiger partial charge in [0.25, 0.3) is 0 Å². The minimum Gasteiger partial charge on any atom is -0.322 e. The van der Waals surface area contributed by atoms with Gasteiger partial charge in [-0.15, -0.1) is 0 Å². The van der Waals surface area contributed by atoms with Crippen LogP contribution in [0.25, 0.3) is 0 Å². The van der Waals surface area contributed by atoms with Gasteiger partial charge in [-0.3, -0.25) is 0 Å². The third kappa shape index (κ3) is 18.1. The van der Waals surface area contributed by atoms with Crippen molar-refractivity contribution in [3.63, 3.8) is 0 Å². The van der Waals surface area contributed by atoms with Gasteiger partial charge in [-0.05, 0) is 48.3 Å². The lowest BCUT2D eigenvalue weighted by molar-refractivity contribution is 0.228. The average molecular weight is 411 g/mol. The predicted molar refractivity (Wildman–Crippen MR) is 120 cm³/mol. The van der Waals surface area contributed by atoms with E-state index in [2.05, 4.69) is 53.8 Å². The third-order valence-corrected chi connectivity index (χ3v) is 7.03. The Kier molecular flexibility index (Phi) is 15.5. The molecular formula is C20H43O2PS2. The van der Waals surface area contributed by atoms with Gasteiger partial charge in [-0.2, -0.15) is 0 Å². The molecule has 0 rings (SSSR count). The smallest absolute Gasteiger partial charge is 0.244 e. The Hall–Kier alpha value is 0.920. The summed E-state index contributed by atoms with van der Waals surface area (Å²) in [5.74, 6) is 2.97. The fourth-order valence-corrected chi connectivity index (χ4v) is 4.50. The second-order valence-corrected chi connectivity index (χ2v) is 13.9. The van der Waals surface area contributed by atoms with Crippen LogP contribution in [-0.4, -0.2) is 13.2 Å². The van der Waals surface area contributed by atoms with E-state index in [0.717, 1.165) is 24.7 Å². The van der Waals surface area contributed by atoms with Crippen molar-refractivity contribution in [3.8, 4) is 0 Å². The molecule has 0 aromatic heterocycles. The van der Waals surface area contributed by atoms with Gasteiger partial charge in [0.1, 0.15) is 0 Å². The molecule has 0 aliphatic heterocycles. The number of hydrogen-bond donors (Lipinski definition) is 1. The summed E-state index contributed by atoms with van der Waals surface area (Å²) < 4.78 is 11.6. The predicted octanol–water partition coefficient (Wildman–Crippen LogP) is 7.88. The van der Waals surface area contributed by atoms with E-state index in [9.17, 15) is 0 Å². The molecule has 0 heterocycles. The third-order valence-electron chi connectivity index (χ3n) is 4.69. The van der Waals surface area contributed by atoms with Gasteiger partial charge < -0.3 is 9.05 Å². The Morgan fingerprint density at radius 3 is 1.36 bits per heavy atom. The van der Waals surface area contributed by atoms with Crippen LogP contribution in [-0.2, 0) is 20.9 Å². The zero-order chi connectivity index (χ0) is 19.3. The topological polar surface area (TPSA) is 18.5 Å². The lowest BCUT2D eigenvalue weighted by Gasteiger charge is -2.19. The summed E-state index contributed by atoms with van der Waals surface area (Å²) in [7, 11) is 0. The van der Waals surface area contributed by atoms with E-state index in [1.54, 1.807) is 0 Å². The Labute approximate surface area is 168 Å². The molecular weight excluding hydrogens is 367 g/mol. The first kappa shape index (κ1) is 25.9. The van der Waals surface area contributed by atoms with Gasteiger partial charge in [0, 0.05) is 0 Å². The Morgan fingerprint density at radius 2 is 1.04 bits per heavy atom. The van der Waals surface area contributed by atoms with E-state index in [0.29, 0.717) is 25.0 Å². The van der Waals surface area contributed by atoms with Gasteiger partial charge in [0.05, 0.1) is 13.2 Å². The van der Waals surface area contributed by atoms with Crippen molar-refractivity contribution in [1.82, 2.24) is 0 Å². The molecule has 2 unspecified atom stereocenters. The van der Waals surface area contributed by atoms with E-state index in [-0.39, 0.29) is 0 Å². The van der Waals surface area contributed by atoms with Crippen LogP contribution < -0.4 is 0 Å². The summed E-state index contributed by atoms with van der Waals surface area (Å²) >= 11 is 9.89. The van der Waals surface area contributed by atoms with Crippen molar-refractivity contribution in [2.75, 3.05) is 13.2 Å². The minimum absolute atomic E-state index is 0.674. The Morgan fingerprint density at radius 1 is 0.680 bits per heavy atom. The van der Waals surface area contributed by atoms with E-state index >= 15 is 0 Å². The molecule has 152 valence electrons. The normalized spacial score (nSPS) is 17.0. The van der Waals surface area contributed by atoms with E-state index in [1.165, 1.54) is 38.5 Å². The molecule has 0 fully saturated rings. The maximum absolute atomic E-state index is 5.79. The van der Waals surface area contributed by atoms with Crippen LogP contribution in [0.1, 0.15) is 92.9 Å². The monoisotopic (exact) mass is 410 g/mol. The van der Waals surface area contributed by atoms with Crippen LogP contribution in [0.3, 0.4) is 0 Å². The summed E-state index contributed by atoms with van der Waals surface area (Å²) in [4.78, 5) is 0. The standard InChI is InChI=1S/C20H43O2PS2/c1-17(2)9-7-11-19(5)13-15-21-23(24,25)22-16-14-20(6)12-8-10-18(3)4/h17-20H,7-16H2,1-6H3,(H,24,25). The van der Waals surface area contributed by atoms with Gasteiger partial charge >= 0.3 is 0 Å². The van der Waals surface area contributed by atoms with Gasteiger partial charge in [0.15, 0.2) is 0 Å². The summed E-state index contributed by atoms with van der Waals surface area (Å²) in [6, 6.07) is 0. The first-order chi connectivity index (χ1) is 11.6. The lowest BCUT2D eigenvalue weighted by Crippen LogP contribution is -2.04. The van der Waals surface area contributed by atoms with E-state index < -0.39 is 5.69 Å². The Balaban J connectivity index is 3.74. The van der Waals surface area contributed by atoms with Crippen LogP contribution >= 0.6 is 17.9 Å². The zero-order valence-electron chi connectivity index (χ0n) is 17.5. The van der Waals surface area contributed by atoms with Crippen molar-refractivity contribution < 1.29 is 9.05 Å². The van der Waals surface area contributed by atoms with Crippen molar-refractivity contribution in [3.05, 3.63) is 0 Å². The average Bonchev–Trinajstić information content (AvgIpc) is 2.45. The van der Waals surface area contributed by atoms with Crippen molar-refractivity contribution in [2.45, 2.75) is 92.9 Å². The molecule has 0 bridgehead atoms. The molecule has 0 aromatic carbocycles. The highest BCUT2D eigenvalue weighted by Gasteiger charge is 2.15. The molecule has 0 aromatic rings. The number of hydrogen-bond acceptors (Lipinski definition) is 3. The van der Waals surface area contributed by atoms with Gasteiger partial charge in [-0.1, -0.05) is 92.3 Å². The molecule has 0 aliphatic carbocycles. The first-order valence-corrected chi connectivity index (χ1v) is 14.0. The van der Waals surface area contributed by atoms with Gasteiger partial charge in [0.2, 0.25) is 5.69 Å². The van der Waals surface area contributed by atoms with E-state index in [1.807, 2.05) is 0 Å². The molecule has 0 N–H and O–H groups in total. The molecule has 25 heavy (non-hydrogen) atoms. The SMILES string of the molecule is CC(C)CCCC(C)CCOP(=S)(S)OCCC(C)CCCC(C)C. The van der Waals surface area contributed by atoms with Crippen LogP contribution in [0.4, 0.5) is 0 Å². The lowest BCUT2D eigenvalue weighted by atomic mass is 9.98. The molecule has 0 amide bonds. The quantitative estimate of drug-likeness (QED) is 0.206. The van der Waals surface area contributed by atoms with Crippen molar-refractivity contribution in [1.29, 1.82) is 0 Å². The molecule has 2 atom stereocenters. The largest absolute Gasteiger partial charge is 0.322 e. The number of rotatable bonds is 16. The van der Waals surface area contributed by atoms with E-state index in [4.69, 9.17) is 20.9 Å². The van der Waals surface area contributed by atoms with Gasteiger partial charge in [-0.25, -0.2) is 0 Å². The summed E-state index contributed by atoms with van der Waals surface area (Å²) in [6.45, 7) is 15.1. The maximum Gasteiger partial charge on any atom is 0.244 e. The number of thiol groups is 1. The molecule has 0 radical (unpaired) electrons. The molecule has 0 saturated heterocycles. The fraction of sp³-hybridized carbons (Fsp3) is 1.00. The molecule has 0 aliphatic rings. The van der Waals surface area contributed by atoms with Crippen LogP contribution in [0.15, 0.2) is 0 Å². The van der Waals surface area contributed by atoms with Crippen LogP contribution in [0.5, 0.6) is 0 Å². The highest BCUT2D eigenvalue weighted by Crippen LogP contribution is 2.53. The van der Waals surface area contributed by atoms with Crippen LogP contribution in [0, 0.1) is 23.7 Å². The van der Waals surface area contributed by atoms with Crippen LogP contribution in [0.2, 0.25) is 0 Å². The maximum atomic E-state index is 5.79. The highest BCUT2D eigenvalue weighted by atomic mass is 32.9. The first-order valence-electron chi connectivity index (χ1n) is 10.2. The second kappa shape index (κ2) is 14.9. The minimum atomic E-state index is -2.36. The molecule has 0 spiro atoms. The summed E-state index contributed by atoms with van der Waals surface area (Å²) in [6.07, 6.45) is 9.87. The molecule has 5 heteroatoms.